The molecule has 0 aliphatic heterocycles. The van der Waals surface area contributed by atoms with Gasteiger partial charge in [-0.2, -0.15) is 0 Å². The Morgan fingerprint density at radius 2 is 2.05 bits per heavy atom. The Balaban J connectivity index is 2.31. The number of rotatable bonds is 5. The Morgan fingerprint density at radius 3 is 2.67 bits per heavy atom. The van der Waals surface area contributed by atoms with Gasteiger partial charge in [-0.3, -0.25) is 0 Å². The van der Waals surface area contributed by atoms with Crippen molar-refractivity contribution < 1.29 is 4.74 Å². The van der Waals surface area contributed by atoms with Gasteiger partial charge >= 0.3 is 0 Å². The van der Waals surface area contributed by atoms with Crippen molar-refractivity contribution >= 4 is 33.2 Å². The molecule has 2 aromatic carbocycles. The van der Waals surface area contributed by atoms with Gasteiger partial charge in [0.05, 0.1) is 13.2 Å². The summed E-state index contributed by atoms with van der Waals surface area (Å²) >= 11 is 9.65. The maximum absolute atomic E-state index is 6.17. The van der Waals surface area contributed by atoms with Crippen LogP contribution in [-0.2, 0) is 0 Å². The molecule has 3 N–H and O–H groups in total. The number of aryl methyl sites for hydroxylation is 1. The zero-order valence-electron chi connectivity index (χ0n) is 12.0. The molecule has 0 aromatic heterocycles. The zero-order chi connectivity index (χ0) is 15.4. The first kappa shape index (κ1) is 16.1. The van der Waals surface area contributed by atoms with E-state index in [0.29, 0.717) is 6.54 Å². The minimum absolute atomic E-state index is 0.0591. The fourth-order valence-electron chi connectivity index (χ4n) is 2.12. The van der Waals surface area contributed by atoms with Crippen molar-refractivity contribution in [2.75, 3.05) is 19.0 Å². The number of benzene rings is 2. The van der Waals surface area contributed by atoms with E-state index in [0.717, 1.165) is 32.1 Å². The van der Waals surface area contributed by atoms with Crippen molar-refractivity contribution in [1.82, 2.24) is 0 Å². The fourth-order valence-corrected chi connectivity index (χ4v) is 2.68. The lowest BCUT2D eigenvalue weighted by Gasteiger charge is -2.21. The number of hydrogen-bond acceptors (Lipinski definition) is 3. The van der Waals surface area contributed by atoms with Gasteiger partial charge < -0.3 is 15.8 Å². The highest BCUT2D eigenvalue weighted by Crippen LogP contribution is 2.31. The predicted molar refractivity (Wildman–Crippen MR) is 92.3 cm³/mol. The first-order valence-electron chi connectivity index (χ1n) is 6.61. The third-order valence-corrected chi connectivity index (χ3v) is 4.22. The van der Waals surface area contributed by atoms with E-state index in [2.05, 4.69) is 21.2 Å². The van der Waals surface area contributed by atoms with E-state index >= 15 is 0 Å². The maximum Gasteiger partial charge on any atom is 0.124 e. The first-order valence-corrected chi connectivity index (χ1v) is 7.78. The summed E-state index contributed by atoms with van der Waals surface area (Å²) in [6, 6.07) is 11.7. The Kier molecular flexibility index (Phi) is 5.51. The van der Waals surface area contributed by atoms with Gasteiger partial charge in [-0.15, -0.1) is 0 Å². The molecule has 2 aromatic rings. The molecule has 112 valence electrons. The molecule has 0 spiro atoms. The third kappa shape index (κ3) is 3.90. The van der Waals surface area contributed by atoms with Gasteiger partial charge in [0, 0.05) is 27.3 Å². The Labute approximate surface area is 138 Å². The summed E-state index contributed by atoms with van der Waals surface area (Å²) in [6.07, 6.45) is 0. The second kappa shape index (κ2) is 7.16. The molecule has 21 heavy (non-hydrogen) atoms. The molecule has 0 fully saturated rings. The van der Waals surface area contributed by atoms with Crippen LogP contribution in [-0.4, -0.2) is 13.7 Å². The average Bonchev–Trinajstić information content (AvgIpc) is 2.48. The number of hydrogen-bond donors (Lipinski definition) is 2. The molecule has 0 saturated carbocycles. The Bertz CT molecular complexity index is 634. The van der Waals surface area contributed by atoms with Crippen LogP contribution in [0.25, 0.3) is 0 Å². The number of ether oxygens (including phenoxy) is 1. The molecule has 0 aliphatic rings. The molecule has 0 heterocycles. The van der Waals surface area contributed by atoms with Crippen LogP contribution in [0, 0.1) is 6.92 Å². The average molecular weight is 370 g/mol. The molecular weight excluding hydrogens is 352 g/mol. The van der Waals surface area contributed by atoms with E-state index in [4.69, 9.17) is 22.1 Å². The van der Waals surface area contributed by atoms with Crippen LogP contribution in [0.2, 0.25) is 5.02 Å². The predicted octanol–water partition coefficient (Wildman–Crippen LogP) is 4.53. The van der Waals surface area contributed by atoms with Crippen molar-refractivity contribution in [2.24, 2.45) is 5.73 Å². The highest BCUT2D eigenvalue weighted by atomic mass is 79.9. The van der Waals surface area contributed by atoms with Gasteiger partial charge in [-0.05, 0) is 42.8 Å². The number of methoxy groups -OCH3 is 1. The van der Waals surface area contributed by atoms with Crippen molar-refractivity contribution in [3.05, 3.63) is 57.0 Å². The maximum atomic E-state index is 6.17. The molecule has 1 atom stereocenters. The highest BCUT2D eigenvalue weighted by Gasteiger charge is 2.15. The SMILES string of the molecule is COc1ccc(Br)cc1C(CN)Nc1ccc(C)c(Cl)c1. The minimum atomic E-state index is -0.0591. The summed E-state index contributed by atoms with van der Waals surface area (Å²) in [4.78, 5) is 0. The summed E-state index contributed by atoms with van der Waals surface area (Å²) < 4.78 is 6.41. The van der Waals surface area contributed by atoms with E-state index in [1.807, 2.05) is 43.3 Å². The van der Waals surface area contributed by atoms with E-state index in [9.17, 15) is 0 Å². The molecule has 0 amide bonds. The number of anilines is 1. The van der Waals surface area contributed by atoms with Gasteiger partial charge in [0.1, 0.15) is 5.75 Å². The lowest BCUT2D eigenvalue weighted by molar-refractivity contribution is 0.407. The van der Waals surface area contributed by atoms with Crippen molar-refractivity contribution in [1.29, 1.82) is 0 Å². The summed E-state index contributed by atoms with van der Waals surface area (Å²) in [6.45, 7) is 2.42. The van der Waals surface area contributed by atoms with Crippen LogP contribution in [0.15, 0.2) is 40.9 Å². The van der Waals surface area contributed by atoms with Gasteiger partial charge in [-0.25, -0.2) is 0 Å². The highest BCUT2D eigenvalue weighted by molar-refractivity contribution is 9.10. The second-order valence-electron chi connectivity index (χ2n) is 4.78. The van der Waals surface area contributed by atoms with Gasteiger partial charge in [0.25, 0.3) is 0 Å². The topological polar surface area (TPSA) is 47.3 Å². The van der Waals surface area contributed by atoms with E-state index < -0.39 is 0 Å². The normalized spacial score (nSPS) is 12.0. The molecule has 0 bridgehead atoms. The van der Waals surface area contributed by atoms with Gasteiger partial charge in [0.15, 0.2) is 0 Å². The van der Waals surface area contributed by atoms with Gasteiger partial charge in [-0.1, -0.05) is 33.6 Å². The monoisotopic (exact) mass is 368 g/mol. The lowest BCUT2D eigenvalue weighted by Crippen LogP contribution is -2.21. The first-order chi connectivity index (χ1) is 10.0. The summed E-state index contributed by atoms with van der Waals surface area (Å²) in [5.41, 5.74) is 8.91. The standard InChI is InChI=1S/C16H18BrClN2O/c1-10-3-5-12(8-14(10)18)20-15(9-19)13-7-11(17)4-6-16(13)21-2/h3-8,15,20H,9,19H2,1-2H3. The number of halogens is 2. The third-order valence-electron chi connectivity index (χ3n) is 3.32. The summed E-state index contributed by atoms with van der Waals surface area (Å²) in [7, 11) is 1.66. The van der Waals surface area contributed by atoms with Gasteiger partial charge in [0.2, 0.25) is 0 Å². The smallest absolute Gasteiger partial charge is 0.124 e. The fraction of sp³-hybridized carbons (Fsp3) is 0.250. The van der Waals surface area contributed by atoms with Crippen LogP contribution in [0.5, 0.6) is 5.75 Å². The molecule has 5 heteroatoms. The number of nitrogens with one attached hydrogen (secondary N) is 1. The number of nitrogens with two attached hydrogens (primary N) is 1. The Hall–Kier alpha value is -1.23. The Morgan fingerprint density at radius 1 is 1.29 bits per heavy atom. The van der Waals surface area contributed by atoms with E-state index in [-0.39, 0.29) is 6.04 Å². The van der Waals surface area contributed by atoms with Crippen LogP contribution >= 0.6 is 27.5 Å². The molecule has 0 aliphatic carbocycles. The molecule has 0 saturated heterocycles. The zero-order valence-corrected chi connectivity index (χ0v) is 14.3. The quantitative estimate of drug-likeness (QED) is 0.814. The molecule has 0 radical (unpaired) electrons. The van der Waals surface area contributed by atoms with Crippen LogP contribution in [0.4, 0.5) is 5.69 Å². The van der Waals surface area contributed by atoms with Crippen molar-refractivity contribution in [3.63, 3.8) is 0 Å². The molecule has 3 nitrogen and oxygen atoms in total. The van der Waals surface area contributed by atoms with Crippen molar-refractivity contribution in [2.45, 2.75) is 13.0 Å². The second-order valence-corrected chi connectivity index (χ2v) is 6.11. The van der Waals surface area contributed by atoms with Crippen LogP contribution in [0.3, 0.4) is 0 Å². The van der Waals surface area contributed by atoms with E-state index in [1.54, 1.807) is 7.11 Å². The molecule has 2 rings (SSSR count). The summed E-state index contributed by atoms with van der Waals surface area (Å²) in [5, 5.41) is 4.14. The van der Waals surface area contributed by atoms with Crippen molar-refractivity contribution in [3.8, 4) is 5.75 Å². The molecule has 1 unspecified atom stereocenters. The molecular formula is C16H18BrClN2O. The lowest BCUT2D eigenvalue weighted by atomic mass is 10.1. The van der Waals surface area contributed by atoms with Crippen LogP contribution < -0.4 is 15.8 Å². The van der Waals surface area contributed by atoms with E-state index in [1.165, 1.54) is 0 Å². The summed E-state index contributed by atoms with van der Waals surface area (Å²) in [5.74, 6) is 0.805. The van der Waals surface area contributed by atoms with Crippen LogP contribution in [0.1, 0.15) is 17.2 Å². The largest absolute Gasteiger partial charge is 0.496 e. The minimum Gasteiger partial charge on any atom is -0.496 e.